The van der Waals surface area contributed by atoms with Crippen molar-refractivity contribution in [3.8, 4) is 11.5 Å². The van der Waals surface area contributed by atoms with Crippen molar-refractivity contribution in [2.75, 3.05) is 31.6 Å². The van der Waals surface area contributed by atoms with E-state index in [2.05, 4.69) is 17.4 Å². The molecule has 0 saturated carbocycles. The first-order valence-electron chi connectivity index (χ1n) is 13.1. The summed E-state index contributed by atoms with van der Waals surface area (Å²) in [4.78, 5) is 32.5. The van der Waals surface area contributed by atoms with Crippen molar-refractivity contribution in [3.05, 3.63) is 47.2 Å². The van der Waals surface area contributed by atoms with Crippen LogP contribution in [0, 0.1) is 11.8 Å². The van der Waals surface area contributed by atoms with Gasteiger partial charge < -0.3 is 19.7 Å². The smallest absolute Gasteiger partial charge is 0.316 e. The van der Waals surface area contributed by atoms with E-state index in [9.17, 15) is 9.59 Å². The van der Waals surface area contributed by atoms with Gasteiger partial charge in [0.15, 0.2) is 0 Å². The lowest BCUT2D eigenvalue weighted by Gasteiger charge is -2.22. The van der Waals surface area contributed by atoms with Gasteiger partial charge in [-0.2, -0.15) is 0 Å². The highest BCUT2D eigenvalue weighted by Crippen LogP contribution is 2.30. The second-order valence-electron chi connectivity index (χ2n) is 9.90. The topological polar surface area (TPSA) is 80.8 Å². The molecule has 4 heterocycles. The average molecular weight is 478 g/mol. The Labute approximate surface area is 207 Å². The van der Waals surface area contributed by atoms with Crippen LogP contribution in [-0.2, 0) is 28.9 Å². The molecule has 1 saturated heterocycles. The number of ether oxygens (including phenoxy) is 2. The third-order valence-electron chi connectivity index (χ3n) is 7.50. The Morgan fingerprint density at radius 3 is 3.03 bits per heavy atom. The maximum atomic E-state index is 13.0. The summed E-state index contributed by atoms with van der Waals surface area (Å²) in [5, 5.41) is 3.39. The zero-order valence-electron chi connectivity index (χ0n) is 20.6. The largest absolute Gasteiger partial charge is 0.493 e. The fourth-order valence-electron chi connectivity index (χ4n) is 5.34. The molecule has 0 radical (unpaired) electrons. The van der Waals surface area contributed by atoms with E-state index in [1.54, 1.807) is 6.07 Å². The minimum atomic E-state index is -0.334. The second kappa shape index (κ2) is 10.7. The molecule has 1 amide bonds. The van der Waals surface area contributed by atoms with E-state index >= 15 is 0 Å². The molecule has 0 bridgehead atoms. The van der Waals surface area contributed by atoms with Crippen molar-refractivity contribution >= 4 is 17.7 Å². The number of benzene rings is 1. The molecular formula is C28H35N3O4. The summed E-state index contributed by atoms with van der Waals surface area (Å²) in [5.74, 6) is 1.92. The standard InChI is InChI=1S/C28H35N3O4/c1-2-19(28(33)35-24-11-9-20-13-16-34-25(20)17-24)18-31-15-12-22(27(31)32)5-3-7-23-10-8-21-6-4-14-29-26(21)30-23/h8-11,17,19,22H,2-7,12-16,18H2,1H3,(H,29,30)/t19?,22-/m1/s1. The Kier molecular flexibility index (Phi) is 7.21. The summed E-state index contributed by atoms with van der Waals surface area (Å²) in [6, 6.07) is 9.88. The van der Waals surface area contributed by atoms with Gasteiger partial charge in [0.05, 0.1) is 12.5 Å². The summed E-state index contributed by atoms with van der Waals surface area (Å²) in [5.41, 5.74) is 3.53. The van der Waals surface area contributed by atoms with Crippen molar-refractivity contribution in [2.24, 2.45) is 11.8 Å². The van der Waals surface area contributed by atoms with Gasteiger partial charge in [-0.3, -0.25) is 9.59 Å². The predicted molar refractivity (Wildman–Crippen MR) is 134 cm³/mol. The summed E-state index contributed by atoms with van der Waals surface area (Å²) in [6.45, 7) is 4.76. The number of anilines is 1. The summed E-state index contributed by atoms with van der Waals surface area (Å²) in [6.07, 6.45) is 7.31. The Hall–Kier alpha value is -3.09. The van der Waals surface area contributed by atoms with Crippen LogP contribution in [0.1, 0.15) is 55.8 Å². The van der Waals surface area contributed by atoms with Crippen LogP contribution >= 0.6 is 0 Å². The molecule has 2 aromatic rings. The van der Waals surface area contributed by atoms with E-state index in [0.717, 1.165) is 74.3 Å². The molecular weight excluding hydrogens is 442 g/mol. The zero-order chi connectivity index (χ0) is 24.2. The number of fused-ring (bicyclic) bond motifs is 2. The highest BCUT2D eigenvalue weighted by atomic mass is 16.5. The van der Waals surface area contributed by atoms with Crippen LogP contribution in [-0.4, -0.2) is 48.0 Å². The number of nitrogens with one attached hydrogen (secondary N) is 1. The number of nitrogens with zero attached hydrogens (tertiary/aromatic N) is 2. The van der Waals surface area contributed by atoms with Gasteiger partial charge in [0.25, 0.3) is 0 Å². The van der Waals surface area contributed by atoms with E-state index < -0.39 is 0 Å². The van der Waals surface area contributed by atoms with E-state index in [1.807, 2.05) is 24.0 Å². The van der Waals surface area contributed by atoms with E-state index in [1.165, 1.54) is 5.56 Å². The summed E-state index contributed by atoms with van der Waals surface area (Å²) in [7, 11) is 0. The average Bonchev–Trinajstić information content (AvgIpc) is 3.48. The Morgan fingerprint density at radius 1 is 1.26 bits per heavy atom. The van der Waals surface area contributed by atoms with Gasteiger partial charge in [-0.15, -0.1) is 0 Å². The van der Waals surface area contributed by atoms with Crippen molar-refractivity contribution in [1.29, 1.82) is 0 Å². The number of esters is 1. The SMILES string of the molecule is CCC(CN1CC[C@@H](CCCc2ccc3c(n2)NCCC3)C1=O)C(=O)Oc1ccc2c(c1)OCC2. The molecule has 1 aromatic carbocycles. The lowest BCUT2D eigenvalue weighted by molar-refractivity contribution is -0.141. The molecule has 2 atom stereocenters. The number of rotatable bonds is 9. The van der Waals surface area contributed by atoms with Gasteiger partial charge in [0.2, 0.25) is 5.91 Å². The molecule has 7 heteroatoms. The molecule has 1 fully saturated rings. The number of aryl methyl sites for hydroxylation is 2. The van der Waals surface area contributed by atoms with Crippen LogP contribution in [0.5, 0.6) is 11.5 Å². The first-order chi connectivity index (χ1) is 17.1. The van der Waals surface area contributed by atoms with Crippen LogP contribution in [0.2, 0.25) is 0 Å². The number of pyridine rings is 1. The molecule has 0 spiro atoms. The van der Waals surface area contributed by atoms with Crippen molar-refractivity contribution in [3.63, 3.8) is 0 Å². The van der Waals surface area contributed by atoms with Gasteiger partial charge >= 0.3 is 5.97 Å². The van der Waals surface area contributed by atoms with Crippen LogP contribution < -0.4 is 14.8 Å². The molecule has 1 unspecified atom stereocenters. The monoisotopic (exact) mass is 477 g/mol. The van der Waals surface area contributed by atoms with E-state index in [4.69, 9.17) is 14.5 Å². The Bertz CT molecular complexity index is 1090. The van der Waals surface area contributed by atoms with Crippen LogP contribution in [0.15, 0.2) is 30.3 Å². The van der Waals surface area contributed by atoms with Crippen LogP contribution in [0.25, 0.3) is 0 Å². The number of carbonyl (C=O) groups excluding carboxylic acids is 2. The van der Waals surface area contributed by atoms with E-state index in [-0.39, 0.29) is 23.7 Å². The third kappa shape index (κ3) is 5.44. The summed E-state index contributed by atoms with van der Waals surface area (Å²) >= 11 is 0. The molecule has 3 aliphatic heterocycles. The highest BCUT2D eigenvalue weighted by molar-refractivity contribution is 5.82. The molecule has 1 N–H and O–H groups in total. The molecule has 1 aromatic heterocycles. The highest BCUT2D eigenvalue weighted by Gasteiger charge is 2.34. The quantitative estimate of drug-likeness (QED) is 0.431. The van der Waals surface area contributed by atoms with Gasteiger partial charge in [-0.1, -0.05) is 19.1 Å². The molecule has 5 rings (SSSR count). The van der Waals surface area contributed by atoms with Crippen molar-refractivity contribution in [2.45, 2.75) is 58.3 Å². The van der Waals surface area contributed by atoms with Crippen molar-refractivity contribution in [1.82, 2.24) is 9.88 Å². The first-order valence-corrected chi connectivity index (χ1v) is 13.1. The van der Waals surface area contributed by atoms with Crippen molar-refractivity contribution < 1.29 is 19.1 Å². The van der Waals surface area contributed by atoms with Gasteiger partial charge in [-0.05, 0) is 68.2 Å². The lowest BCUT2D eigenvalue weighted by atomic mass is 9.99. The van der Waals surface area contributed by atoms with Gasteiger partial charge in [0.1, 0.15) is 17.3 Å². The summed E-state index contributed by atoms with van der Waals surface area (Å²) < 4.78 is 11.2. The fourth-order valence-corrected chi connectivity index (χ4v) is 5.34. The van der Waals surface area contributed by atoms with Gasteiger partial charge in [-0.25, -0.2) is 4.98 Å². The number of likely N-dealkylation sites (tertiary alicyclic amines) is 1. The minimum Gasteiger partial charge on any atom is -0.493 e. The van der Waals surface area contributed by atoms with E-state index in [0.29, 0.717) is 31.9 Å². The fraction of sp³-hybridized carbons (Fsp3) is 0.536. The maximum absolute atomic E-state index is 13.0. The number of carbonyl (C=O) groups is 2. The maximum Gasteiger partial charge on any atom is 0.316 e. The van der Waals surface area contributed by atoms with Crippen LogP contribution in [0.3, 0.4) is 0 Å². The third-order valence-corrected chi connectivity index (χ3v) is 7.50. The molecule has 7 nitrogen and oxygen atoms in total. The second-order valence-corrected chi connectivity index (χ2v) is 9.90. The van der Waals surface area contributed by atoms with Crippen LogP contribution in [0.4, 0.5) is 5.82 Å². The predicted octanol–water partition coefficient (Wildman–Crippen LogP) is 4.18. The molecule has 186 valence electrons. The lowest BCUT2D eigenvalue weighted by Crippen LogP contribution is -2.36. The minimum absolute atomic E-state index is 0.0353. The zero-order valence-corrected chi connectivity index (χ0v) is 20.6. The number of hydrogen-bond donors (Lipinski definition) is 1. The molecule has 35 heavy (non-hydrogen) atoms. The molecule has 3 aliphatic rings. The first kappa shape index (κ1) is 23.6. The number of hydrogen-bond acceptors (Lipinski definition) is 6. The Balaban J connectivity index is 1.10. The van der Waals surface area contributed by atoms with Gasteiger partial charge in [0, 0.05) is 43.7 Å². The Morgan fingerprint density at radius 2 is 2.14 bits per heavy atom. The normalized spacial score (nSPS) is 19.5. The number of amides is 1. The number of aromatic nitrogens is 1. The molecule has 0 aliphatic carbocycles.